The van der Waals surface area contributed by atoms with E-state index in [1.54, 1.807) is 0 Å². The Hall–Kier alpha value is -0.240. The van der Waals surface area contributed by atoms with Gasteiger partial charge in [-0.05, 0) is 5.56 Å². The van der Waals surface area contributed by atoms with Crippen LogP contribution in [0.5, 0.6) is 0 Å². The van der Waals surface area contributed by atoms with Gasteiger partial charge in [-0.2, -0.15) is 0 Å². The summed E-state index contributed by atoms with van der Waals surface area (Å²) in [6, 6.07) is 9.37. The molecule has 1 nitrogen and oxygen atoms in total. The number of alkyl halides is 2. The predicted octanol–water partition coefficient (Wildman–Crippen LogP) is 2.28. The summed E-state index contributed by atoms with van der Waals surface area (Å²) in [5.74, 6) is 0. The predicted molar refractivity (Wildman–Crippen MR) is 48.9 cm³/mol. The molecular weight excluding hydrogens is 181 g/mol. The summed E-state index contributed by atoms with van der Waals surface area (Å²) in [6.45, 7) is 0.222. The van der Waals surface area contributed by atoms with Crippen molar-refractivity contribution in [1.29, 1.82) is 0 Å². The van der Waals surface area contributed by atoms with Crippen LogP contribution in [0.1, 0.15) is 5.56 Å². The summed E-state index contributed by atoms with van der Waals surface area (Å²) in [5.41, 5.74) is 6.21. The van der Waals surface area contributed by atoms with E-state index in [0.29, 0.717) is 0 Å². The van der Waals surface area contributed by atoms with Crippen molar-refractivity contribution in [3.63, 3.8) is 0 Å². The van der Waals surface area contributed by atoms with Crippen LogP contribution in [-0.4, -0.2) is 6.54 Å². The molecule has 1 rings (SSSR count). The molecule has 3 heteroatoms. The molecule has 0 fully saturated rings. The normalized spacial score (nSPS) is 11.5. The van der Waals surface area contributed by atoms with Crippen LogP contribution in [0.15, 0.2) is 30.3 Å². The summed E-state index contributed by atoms with van der Waals surface area (Å²) in [4.78, 5) is 0. The van der Waals surface area contributed by atoms with Crippen molar-refractivity contribution in [3.05, 3.63) is 35.9 Å². The fourth-order valence-corrected chi connectivity index (χ4v) is 1.05. The Morgan fingerprint density at radius 2 is 1.73 bits per heavy atom. The third kappa shape index (κ3) is 2.09. The number of rotatable bonds is 2. The molecule has 0 aliphatic rings. The second kappa shape index (κ2) is 3.44. The van der Waals surface area contributed by atoms with E-state index in [-0.39, 0.29) is 6.54 Å². The lowest BCUT2D eigenvalue weighted by Gasteiger charge is -2.16. The molecule has 0 radical (unpaired) electrons. The van der Waals surface area contributed by atoms with Gasteiger partial charge in [-0.3, -0.25) is 0 Å². The zero-order chi connectivity index (χ0) is 8.32. The molecule has 0 unspecified atom stereocenters. The van der Waals surface area contributed by atoms with Crippen LogP contribution in [0.2, 0.25) is 0 Å². The Bertz CT molecular complexity index is 221. The lowest BCUT2D eigenvalue weighted by molar-refractivity contribution is 0.851. The molecule has 0 saturated heterocycles. The SMILES string of the molecule is NCC(Cl)(Cl)c1ccccc1. The van der Waals surface area contributed by atoms with E-state index < -0.39 is 4.33 Å². The van der Waals surface area contributed by atoms with Gasteiger partial charge in [0.25, 0.3) is 0 Å². The van der Waals surface area contributed by atoms with Crippen molar-refractivity contribution in [2.45, 2.75) is 4.33 Å². The first-order valence-corrected chi connectivity index (χ1v) is 4.06. The molecule has 0 saturated carbocycles. The number of nitrogens with two attached hydrogens (primary N) is 1. The van der Waals surface area contributed by atoms with Gasteiger partial charge in [0.2, 0.25) is 0 Å². The molecule has 60 valence electrons. The summed E-state index contributed by atoms with van der Waals surface area (Å²) in [5, 5.41) is 0. The fourth-order valence-electron chi connectivity index (χ4n) is 0.800. The third-order valence-electron chi connectivity index (χ3n) is 1.45. The maximum atomic E-state index is 5.89. The average Bonchev–Trinajstić information content (AvgIpc) is 2.06. The Kier molecular flexibility index (Phi) is 2.77. The van der Waals surface area contributed by atoms with Gasteiger partial charge in [-0.25, -0.2) is 0 Å². The van der Waals surface area contributed by atoms with E-state index in [9.17, 15) is 0 Å². The molecular formula is C8H9Cl2N. The molecule has 0 amide bonds. The molecule has 1 aromatic rings. The molecule has 0 aliphatic heterocycles. The number of benzene rings is 1. The van der Waals surface area contributed by atoms with Crippen molar-refractivity contribution in [2.24, 2.45) is 5.73 Å². The number of halogens is 2. The minimum Gasteiger partial charge on any atom is -0.327 e. The Morgan fingerprint density at radius 1 is 1.18 bits per heavy atom. The van der Waals surface area contributed by atoms with E-state index in [1.807, 2.05) is 30.3 Å². The maximum absolute atomic E-state index is 5.89. The highest BCUT2D eigenvalue weighted by Crippen LogP contribution is 2.31. The van der Waals surface area contributed by atoms with Crippen molar-refractivity contribution in [3.8, 4) is 0 Å². The highest BCUT2D eigenvalue weighted by atomic mass is 35.5. The van der Waals surface area contributed by atoms with Crippen LogP contribution in [-0.2, 0) is 4.33 Å². The Balaban J connectivity index is 2.93. The fraction of sp³-hybridized carbons (Fsp3) is 0.250. The van der Waals surface area contributed by atoms with Gasteiger partial charge in [-0.15, -0.1) is 0 Å². The van der Waals surface area contributed by atoms with E-state index in [0.717, 1.165) is 5.56 Å². The highest BCUT2D eigenvalue weighted by molar-refractivity contribution is 6.48. The summed E-state index contributed by atoms with van der Waals surface area (Å²) < 4.78 is -0.943. The van der Waals surface area contributed by atoms with Gasteiger partial charge < -0.3 is 5.73 Å². The molecule has 0 aliphatic carbocycles. The monoisotopic (exact) mass is 189 g/mol. The van der Waals surface area contributed by atoms with E-state index >= 15 is 0 Å². The molecule has 0 heterocycles. The maximum Gasteiger partial charge on any atom is 0.155 e. The van der Waals surface area contributed by atoms with Crippen LogP contribution in [0.25, 0.3) is 0 Å². The number of hydrogen-bond donors (Lipinski definition) is 1. The zero-order valence-electron chi connectivity index (χ0n) is 5.93. The Morgan fingerprint density at radius 3 is 2.18 bits per heavy atom. The standard InChI is InChI=1S/C8H9Cl2N/c9-8(10,6-11)7-4-2-1-3-5-7/h1-5H,6,11H2. The van der Waals surface area contributed by atoms with E-state index in [1.165, 1.54) is 0 Å². The molecule has 2 N–H and O–H groups in total. The van der Waals surface area contributed by atoms with Crippen molar-refractivity contribution in [2.75, 3.05) is 6.54 Å². The van der Waals surface area contributed by atoms with Crippen LogP contribution in [0.3, 0.4) is 0 Å². The second-order valence-corrected chi connectivity index (χ2v) is 3.76. The quantitative estimate of drug-likeness (QED) is 0.711. The zero-order valence-corrected chi connectivity index (χ0v) is 7.44. The third-order valence-corrected chi connectivity index (χ3v) is 2.20. The topological polar surface area (TPSA) is 26.0 Å². The Labute approximate surface area is 76.1 Å². The molecule has 11 heavy (non-hydrogen) atoms. The van der Waals surface area contributed by atoms with E-state index in [2.05, 4.69) is 0 Å². The smallest absolute Gasteiger partial charge is 0.155 e. The lowest BCUT2D eigenvalue weighted by Crippen LogP contribution is -2.22. The number of hydrogen-bond acceptors (Lipinski definition) is 1. The molecule has 0 bridgehead atoms. The van der Waals surface area contributed by atoms with Crippen molar-refractivity contribution in [1.82, 2.24) is 0 Å². The van der Waals surface area contributed by atoms with Gasteiger partial charge in [0.05, 0.1) is 0 Å². The van der Waals surface area contributed by atoms with Gasteiger partial charge in [0, 0.05) is 6.54 Å². The van der Waals surface area contributed by atoms with Gasteiger partial charge in [-0.1, -0.05) is 53.5 Å². The van der Waals surface area contributed by atoms with Gasteiger partial charge in [0.15, 0.2) is 4.33 Å². The second-order valence-electron chi connectivity index (χ2n) is 2.27. The first kappa shape index (κ1) is 8.85. The molecule has 0 spiro atoms. The van der Waals surface area contributed by atoms with Crippen LogP contribution >= 0.6 is 23.2 Å². The van der Waals surface area contributed by atoms with Crippen molar-refractivity contribution < 1.29 is 0 Å². The van der Waals surface area contributed by atoms with Crippen molar-refractivity contribution >= 4 is 23.2 Å². The first-order chi connectivity index (χ1) is 5.17. The summed E-state index contributed by atoms with van der Waals surface area (Å²) in [6.07, 6.45) is 0. The summed E-state index contributed by atoms with van der Waals surface area (Å²) >= 11 is 11.8. The molecule has 0 atom stereocenters. The van der Waals surface area contributed by atoms with Crippen LogP contribution in [0.4, 0.5) is 0 Å². The van der Waals surface area contributed by atoms with Gasteiger partial charge >= 0.3 is 0 Å². The molecule has 1 aromatic carbocycles. The summed E-state index contributed by atoms with van der Waals surface area (Å²) in [7, 11) is 0. The minimum atomic E-state index is -0.943. The largest absolute Gasteiger partial charge is 0.327 e. The average molecular weight is 190 g/mol. The minimum absolute atomic E-state index is 0.222. The highest BCUT2D eigenvalue weighted by Gasteiger charge is 2.23. The lowest BCUT2D eigenvalue weighted by atomic mass is 10.1. The van der Waals surface area contributed by atoms with Crippen LogP contribution < -0.4 is 5.73 Å². The van der Waals surface area contributed by atoms with E-state index in [4.69, 9.17) is 28.9 Å². The van der Waals surface area contributed by atoms with Crippen LogP contribution in [0, 0.1) is 0 Å². The molecule has 0 aromatic heterocycles. The first-order valence-electron chi connectivity index (χ1n) is 3.30. The van der Waals surface area contributed by atoms with Gasteiger partial charge in [0.1, 0.15) is 0 Å².